The van der Waals surface area contributed by atoms with Crippen LogP contribution >= 0.6 is 0 Å². The van der Waals surface area contributed by atoms with Gasteiger partial charge in [0.2, 0.25) is 5.91 Å². The van der Waals surface area contributed by atoms with Crippen molar-refractivity contribution in [2.75, 3.05) is 25.0 Å². The molecule has 2 N–H and O–H groups in total. The molecule has 4 heteroatoms. The van der Waals surface area contributed by atoms with Crippen molar-refractivity contribution in [3.05, 3.63) is 24.3 Å². The molecule has 1 saturated heterocycles. The van der Waals surface area contributed by atoms with Crippen molar-refractivity contribution in [2.45, 2.75) is 39.5 Å². The second-order valence-corrected chi connectivity index (χ2v) is 6.50. The molecule has 0 bridgehead atoms. The molecule has 1 aliphatic rings. The SMILES string of the molecule is CC(C)CCOc1ccc(NC(=O)CCC2CCNC2)cc1. The lowest BCUT2D eigenvalue weighted by Gasteiger charge is -2.10. The van der Waals surface area contributed by atoms with Gasteiger partial charge in [-0.05, 0) is 68.5 Å². The smallest absolute Gasteiger partial charge is 0.224 e. The summed E-state index contributed by atoms with van der Waals surface area (Å²) >= 11 is 0. The van der Waals surface area contributed by atoms with Gasteiger partial charge in [-0.1, -0.05) is 13.8 Å². The summed E-state index contributed by atoms with van der Waals surface area (Å²) in [5.41, 5.74) is 0.839. The summed E-state index contributed by atoms with van der Waals surface area (Å²) in [4.78, 5) is 11.9. The molecule has 22 heavy (non-hydrogen) atoms. The van der Waals surface area contributed by atoms with Gasteiger partial charge in [0.25, 0.3) is 0 Å². The van der Waals surface area contributed by atoms with Gasteiger partial charge in [-0.3, -0.25) is 4.79 Å². The van der Waals surface area contributed by atoms with E-state index in [0.29, 0.717) is 18.3 Å². The zero-order valence-electron chi connectivity index (χ0n) is 13.7. The van der Waals surface area contributed by atoms with E-state index in [4.69, 9.17) is 4.74 Å². The largest absolute Gasteiger partial charge is 0.494 e. The number of carbonyl (C=O) groups excluding carboxylic acids is 1. The van der Waals surface area contributed by atoms with Crippen molar-refractivity contribution in [3.63, 3.8) is 0 Å². The highest BCUT2D eigenvalue weighted by molar-refractivity contribution is 5.90. The number of nitrogens with one attached hydrogen (secondary N) is 2. The van der Waals surface area contributed by atoms with Crippen LogP contribution in [0.3, 0.4) is 0 Å². The molecule has 1 unspecified atom stereocenters. The Kier molecular flexibility index (Phi) is 6.72. The quantitative estimate of drug-likeness (QED) is 0.773. The van der Waals surface area contributed by atoms with E-state index in [9.17, 15) is 4.79 Å². The summed E-state index contributed by atoms with van der Waals surface area (Å²) < 4.78 is 5.67. The second kappa shape index (κ2) is 8.79. The Balaban J connectivity index is 1.69. The molecule has 1 heterocycles. The van der Waals surface area contributed by atoms with Crippen molar-refractivity contribution in [3.8, 4) is 5.75 Å². The Hall–Kier alpha value is -1.55. The molecular formula is C18H28N2O2. The molecule has 1 aromatic carbocycles. The monoisotopic (exact) mass is 304 g/mol. The van der Waals surface area contributed by atoms with Crippen molar-refractivity contribution in [1.29, 1.82) is 0 Å². The highest BCUT2D eigenvalue weighted by atomic mass is 16.5. The van der Waals surface area contributed by atoms with E-state index in [0.717, 1.165) is 44.0 Å². The number of anilines is 1. The first-order chi connectivity index (χ1) is 10.6. The van der Waals surface area contributed by atoms with Gasteiger partial charge in [0.05, 0.1) is 6.61 Å². The van der Waals surface area contributed by atoms with Gasteiger partial charge in [0.1, 0.15) is 5.75 Å². The van der Waals surface area contributed by atoms with Gasteiger partial charge in [0, 0.05) is 12.1 Å². The van der Waals surface area contributed by atoms with Crippen LogP contribution in [0.2, 0.25) is 0 Å². The maximum atomic E-state index is 11.9. The predicted molar refractivity (Wildman–Crippen MR) is 90.2 cm³/mol. The molecule has 1 atom stereocenters. The first kappa shape index (κ1) is 16.8. The van der Waals surface area contributed by atoms with Crippen molar-refractivity contribution in [2.24, 2.45) is 11.8 Å². The van der Waals surface area contributed by atoms with Gasteiger partial charge < -0.3 is 15.4 Å². The number of ether oxygens (including phenoxy) is 1. The van der Waals surface area contributed by atoms with E-state index in [1.54, 1.807) is 0 Å². The van der Waals surface area contributed by atoms with Crippen LogP contribution < -0.4 is 15.4 Å². The molecule has 1 amide bonds. The molecule has 0 aliphatic carbocycles. The van der Waals surface area contributed by atoms with Gasteiger partial charge in [-0.2, -0.15) is 0 Å². The average Bonchev–Trinajstić information content (AvgIpc) is 3.00. The normalized spacial score (nSPS) is 17.7. The molecule has 2 rings (SSSR count). The molecule has 0 radical (unpaired) electrons. The van der Waals surface area contributed by atoms with E-state index >= 15 is 0 Å². The summed E-state index contributed by atoms with van der Waals surface area (Å²) in [5.74, 6) is 2.26. The molecule has 1 aromatic rings. The third-order valence-corrected chi connectivity index (χ3v) is 4.04. The van der Waals surface area contributed by atoms with Gasteiger partial charge in [-0.25, -0.2) is 0 Å². The minimum Gasteiger partial charge on any atom is -0.494 e. The number of hydrogen-bond donors (Lipinski definition) is 2. The number of rotatable bonds is 8. The maximum absolute atomic E-state index is 11.9. The van der Waals surface area contributed by atoms with Gasteiger partial charge in [0.15, 0.2) is 0 Å². The third-order valence-electron chi connectivity index (χ3n) is 4.04. The van der Waals surface area contributed by atoms with E-state index in [1.165, 1.54) is 6.42 Å². The number of amides is 1. The average molecular weight is 304 g/mol. The van der Waals surface area contributed by atoms with Gasteiger partial charge in [-0.15, -0.1) is 0 Å². The topological polar surface area (TPSA) is 50.4 Å². The molecule has 122 valence electrons. The summed E-state index contributed by atoms with van der Waals surface area (Å²) in [6.07, 6.45) is 3.80. The molecule has 1 aliphatic heterocycles. The van der Waals surface area contributed by atoms with Crippen LogP contribution in [0.25, 0.3) is 0 Å². The summed E-state index contributed by atoms with van der Waals surface area (Å²) in [6, 6.07) is 7.63. The summed E-state index contributed by atoms with van der Waals surface area (Å²) in [6.45, 7) is 7.24. The zero-order valence-corrected chi connectivity index (χ0v) is 13.7. The Morgan fingerprint density at radius 2 is 2.14 bits per heavy atom. The first-order valence-electron chi connectivity index (χ1n) is 8.37. The predicted octanol–water partition coefficient (Wildman–Crippen LogP) is 3.44. The standard InChI is InChI=1S/C18H28N2O2/c1-14(2)10-12-22-17-6-4-16(5-7-17)20-18(21)8-3-15-9-11-19-13-15/h4-7,14-15,19H,3,8-13H2,1-2H3,(H,20,21). The number of carbonyl (C=O) groups is 1. The number of benzene rings is 1. The zero-order chi connectivity index (χ0) is 15.8. The fraction of sp³-hybridized carbons (Fsp3) is 0.611. The van der Waals surface area contributed by atoms with Crippen LogP contribution in [0.15, 0.2) is 24.3 Å². The maximum Gasteiger partial charge on any atom is 0.224 e. The molecular weight excluding hydrogens is 276 g/mol. The lowest BCUT2D eigenvalue weighted by atomic mass is 10.0. The van der Waals surface area contributed by atoms with E-state index in [-0.39, 0.29) is 5.91 Å². The van der Waals surface area contributed by atoms with Crippen molar-refractivity contribution in [1.82, 2.24) is 5.32 Å². The van der Waals surface area contributed by atoms with Crippen LogP contribution in [0.1, 0.15) is 39.5 Å². The Bertz CT molecular complexity index is 451. The lowest BCUT2D eigenvalue weighted by Crippen LogP contribution is -2.15. The lowest BCUT2D eigenvalue weighted by molar-refractivity contribution is -0.116. The fourth-order valence-electron chi connectivity index (χ4n) is 2.57. The van der Waals surface area contributed by atoms with Crippen LogP contribution in [0.5, 0.6) is 5.75 Å². The molecule has 0 saturated carbocycles. The van der Waals surface area contributed by atoms with Crippen molar-refractivity contribution >= 4 is 11.6 Å². The van der Waals surface area contributed by atoms with E-state index in [2.05, 4.69) is 24.5 Å². The molecule has 4 nitrogen and oxygen atoms in total. The molecule has 0 spiro atoms. The van der Waals surface area contributed by atoms with Gasteiger partial charge >= 0.3 is 0 Å². The Morgan fingerprint density at radius 3 is 2.77 bits per heavy atom. The van der Waals surface area contributed by atoms with Crippen LogP contribution in [-0.4, -0.2) is 25.6 Å². The minimum atomic E-state index is 0.0976. The van der Waals surface area contributed by atoms with Crippen LogP contribution in [-0.2, 0) is 4.79 Å². The van der Waals surface area contributed by atoms with E-state index in [1.807, 2.05) is 24.3 Å². The summed E-state index contributed by atoms with van der Waals surface area (Å²) in [7, 11) is 0. The van der Waals surface area contributed by atoms with Crippen molar-refractivity contribution < 1.29 is 9.53 Å². The highest BCUT2D eigenvalue weighted by Gasteiger charge is 2.15. The first-order valence-corrected chi connectivity index (χ1v) is 8.37. The minimum absolute atomic E-state index is 0.0976. The fourth-order valence-corrected chi connectivity index (χ4v) is 2.57. The highest BCUT2D eigenvalue weighted by Crippen LogP contribution is 2.18. The second-order valence-electron chi connectivity index (χ2n) is 6.50. The van der Waals surface area contributed by atoms with Crippen LogP contribution in [0.4, 0.5) is 5.69 Å². The molecule has 0 aromatic heterocycles. The Labute approximate surface area is 133 Å². The van der Waals surface area contributed by atoms with E-state index < -0.39 is 0 Å². The number of hydrogen-bond acceptors (Lipinski definition) is 3. The Morgan fingerprint density at radius 1 is 1.36 bits per heavy atom. The summed E-state index contributed by atoms with van der Waals surface area (Å²) in [5, 5.41) is 6.28. The third kappa shape index (κ3) is 6.06. The molecule has 1 fully saturated rings. The van der Waals surface area contributed by atoms with Crippen LogP contribution in [0, 0.1) is 11.8 Å².